The smallest absolute Gasteiger partial charge is 0.151 e. The molecule has 0 radical (unpaired) electrons. The molecule has 0 atom stereocenters. The Morgan fingerprint density at radius 1 is 0.556 bits per heavy atom. The Bertz CT molecular complexity index is 1220. The Hall–Kier alpha value is -3.72. The van der Waals surface area contributed by atoms with Crippen LogP contribution in [0.1, 0.15) is 0 Å². The van der Waals surface area contributed by atoms with Crippen LogP contribution in [0.2, 0.25) is 0 Å². The van der Waals surface area contributed by atoms with Crippen molar-refractivity contribution in [3.63, 3.8) is 0 Å². The van der Waals surface area contributed by atoms with E-state index in [-0.39, 0.29) is 0 Å². The predicted molar refractivity (Wildman–Crippen MR) is 112 cm³/mol. The van der Waals surface area contributed by atoms with E-state index < -0.39 is 0 Å². The number of nitrogens with two attached hydrogens (primary N) is 1. The number of para-hydroxylation sites is 6. The van der Waals surface area contributed by atoms with Crippen molar-refractivity contribution >= 4 is 27.5 Å². The Balaban J connectivity index is 1.78. The second-order valence-corrected chi connectivity index (χ2v) is 6.48. The molecular weight excluding hydrogens is 332 g/mol. The minimum Gasteiger partial charge on any atom is -0.453 e. The summed E-state index contributed by atoms with van der Waals surface area (Å²) in [6, 6.07) is 32.5. The summed E-state index contributed by atoms with van der Waals surface area (Å²) in [6.45, 7) is 0. The quantitative estimate of drug-likeness (QED) is 0.396. The molecule has 0 aliphatic rings. The number of hydrogen-bond acceptors (Lipinski definition) is 2. The van der Waals surface area contributed by atoms with Crippen molar-refractivity contribution in [3.05, 3.63) is 97.1 Å². The number of nitrogen functional groups attached to an aromatic ring is 1. The topological polar surface area (TPSA) is 40.2 Å². The molecule has 0 saturated heterocycles. The third-order valence-electron chi connectivity index (χ3n) is 4.83. The van der Waals surface area contributed by atoms with Crippen molar-refractivity contribution in [2.24, 2.45) is 0 Å². The second kappa shape index (κ2) is 6.22. The zero-order chi connectivity index (χ0) is 18.2. The Kier molecular flexibility index (Phi) is 3.58. The summed E-state index contributed by atoms with van der Waals surface area (Å²) in [4.78, 5) is 0. The highest BCUT2D eigenvalue weighted by atomic mass is 16.5. The van der Waals surface area contributed by atoms with Gasteiger partial charge in [0.2, 0.25) is 0 Å². The van der Waals surface area contributed by atoms with E-state index in [0.29, 0.717) is 11.4 Å². The number of fused-ring (bicyclic) bond motifs is 3. The Labute approximate surface area is 157 Å². The highest BCUT2D eigenvalue weighted by Crippen LogP contribution is 2.37. The van der Waals surface area contributed by atoms with E-state index in [1.165, 1.54) is 10.8 Å². The summed E-state index contributed by atoms with van der Waals surface area (Å²) >= 11 is 0. The number of rotatable bonds is 3. The summed E-state index contributed by atoms with van der Waals surface area (Å²) in [5.74, 6) is 1.42. The van der Waals surface area contributed by atoms with Crippen LogP contribution >= 0.6 is 0 Å². The van der Waals surface area contributed by atoms with E-state index in [1.807, 2.05) is 42.5 Å². The van der Waals surface area contributed by atoms with Crippen LogP contribution in [0.25, 0.3) is 27.5 Å². The van der Waals surface area contributed by atoms with E-state index in [9.17, 15) is 0 Å². The maximum Gasteiger partial charge on any atom is 0.151 e. The fraction of sp³-hybridized carbons (Fsp3) is 0. The van der Waals surface area contributed by atoms with Crippen molar-refractivity contribution < 1.29 is 4.74 Å². The number of aromatic nitrogens is 1. The maximum absolute atomic E-state index is 6.22. The molecule has 130 valence electrons. The third-order valence-corrected chi connectivity index (χ3v) is 4.83. The normalized spacial score (nSPS) is 11.1. The first-order valence-corrected chi connectivity index (χ1v) is 8.93. The number of nitrogens with zero attached hydrogens (tertiary/aromatic N) is 1. The van der Waals surface area contributed by atoms with Crippen LogP contribution in [0.4, 0.5) is 5.69 Å². The van der Waals surface area contributed by atoms with Gasteiger partial charge >= 0.3 is 0 Å². The molecule has 0 fully saturated rings. The van der Waals surface area contributed by atoms with Crippen LogP contribution in [0.3, 0.4) is 0 Å². The van der Waals surface area contributed by atoms with Crippen molar-refractivity contribution in [2.75, 3.05) is 5.73 Å². The van der Waals surface area contributed by atoms with Crippen LogP contribution in [0.5, 0.6) is 11.5 Å². The molecule has 5 aromatic rings. The molecule has 2 N–H and O–H groups in total. The molecule has 1 aromatic heterocycles. The van der Waals surface area contributed by atoms with Crippen molar-refractivity contribution in [1.29, 1.82) is 0 Å². The maximum atomic E-state index is 6.22. The van der Waals surface area contributed by atoms with E-state index >= 15 is 0 Å². The van der Waals surface area contributed by atoms with Crippen LogP contribution in [0, 0.1) is 0 Å². The third kappa shape index (κ3) is 2.52. The van der Waals surface area contributed by atoms with Crippen molar-refractivity contribution in [3.8, 4) is 17.2 Å². The van der Waals surface area contributed by atoms with Crippen LogP contribution in [0.15, 0.2) is 97.1 Å². The molecule has 4 aromatic carbocycles. The predicted octanol–water partition coefficient (Wildman–Crippen LogP) is 6.16. The average molecular weight is 350 g/mol. The lowest BCUT2D eigenvalue weighted by Gasteiger charge is -2.15. The largest absolute Gasteiger partial charge is 0.453 e. The van der Waals surface area contributed by atoms with E-state index in [4.69, 9.17) is 10.5 Å². The van der Waals surface area contributed by atoms with Gasteiger partial charge in [-0.2, -0.15) is 0 Å². The number of ether oxygens (including phenoxy) is 1. The first kappa shape index (κ1) is 15.5. The lowest BCUT2D eigenvalue weighted by Crippen LogP contribution is -1.98. The first-order valence-electron chi connectivity index (χ1n) is 8.93. The SMILES string of the molecule is Nc1ccccc1Oc1ccccc1-n1c2ccccc2c2ccccc21. The van der Waals surface area contributed by atoms with Gasteiger partial charge in [0.15, 0.2) is 5.75 Å². The minimum absolute atomic E-state index is 0.620. The molecule has 1 heterocycles. The fourth-order valence-corrected chi connectivity index (χ4v) is 3.60. The second-order valence-electron chi connectivity index (χ2n) is 6.48. The van der Waals surface area contributed by atoms with Crippen LogP contribution < -0.4 is 10.5 Å². The molecule has 5 rings (SSSR count). The lowest BCUT2D eigenvalue weighted by atomic mass is 10.2. The van der Waals surface area contributed by atoms with Crippen LogP contribution in [-0.4, -0.2) is 4.57 Å². The van der Waals surface area contributed by atoms with Gasteiger partial charge in [0.05, 0.1) is 22.4 Å². The molecule has 3 nitrogen and oxygen atoms in total. The summed E-state index contributed by atoms with van der Waals surface area (Å²) in [6.07, 6.45) is 0. The molecule has 3 heteroatoms. The van der Waals surface area contributed by atoms with E-state index in [0.717, 1.165) is 22.5 Å². The van der Waals surface area contributed by atoms with Gasteiger partial charge in [-0.25, -0.2) is 0 Å². The Morgan fingerprint density at radius 3 is 1.74 bits per heavy atom. The summed E-state index contributed by atoms with van der Waals surface area (Å²) in [5.41, 5.74) is 9.99. The van der Waals surface area contributed by atoms with E-state index in [1.54, 1.807) is 0 Å². The van der Waals surface area contributed by atoms with E-state index in [2.05, 4.69) is 59.2 Å². The average Bonchev–Trinajstić information content (AvgIpc) is 3.05. The molecule has 0 aliphatic carbocycles. The van der Waals surface area contributed by atoms with Crippen molar-refractivity contribution in [2.45, 2.75) is 0 Å². The number of benzene rings is 4. The van der Waals surface area contributed by atoms with Gasteiger partial charge < -0.3 is 15.0 Å². The van der Waals surface area contributed by atoms with Gasteiger partial charge in [0, 0.05) is 10.8 Å². The summed E-state index contributed by atoms with van der Waals surface area (Å²) in [7, 11) is 0. The molecule has 0 spiro atoms. The summed E-state index contributed by atoms with van der Waals surface area (Å²) in [5, 5.41) is 2.45. The van der Waals surface area contributed by atoms with Crippen molar-refractivity contribution in [1.82, 2.24) is 4.57 Å². The molecular formula is C24H18N2O. The lowest BCUT2D eigenvalue weighted by molar-refractivity contribution is 0.483. The standard InChI is InChI=1S/C24H18N2O/c25-19-11-3-7-15-23(19)27-24-16-8-6-14-22(24)26-20-12-4-1-9-17(20)18-10-2-5-13-21(18)26/h1-16H,25H2. The highest BCUT2D eigenvalue weighted by Gasteiger charge is 2.15. The number of anilines is 1. The van der Waals surface area contributed by atoms with Gasteiger partial charge in [-0.3, -0.25) is 0 Å². The molecule has 27 heavy (non-hydrogen) atoms. The van der Waals surface area contributed by atoms with Crippen LogP contribution in [-0.2, 0) is 0 Å². The molecule has 0 aliphatic heterocycles. The monoisotopic (exact) mass is 350 g/mol. The zero-order valence-corrected chi connectivity index (χ0v) is 14.7. The molecule has 0 amide bonds. The minimum atomic E-state index is 0.620. The Morgan fingerprint density at radius 2 is 1.07 bits per heavy atom. The summed E-state index contributed by atoms with van der Waals surface area (Å²) < 4.78 is 8.47. The van der Waals surface area contributed by atoms with Gasteiger partial charge in [-0.1, -0.05) is 60.7 Å². The first-order chi connectivity index (χ1) is 13.3. The fourth-order valence-electron chi connectivity index (χ4n) is 3.60. The zero-order valence-electron chi connectivity index (χ0n) is 14.7. The van der Waals surface area contributed by atoms with Gasteiger partial charge in [-0.05, 0) is 36.4 Å². The van der Waals surface area contributed by atoms with Gasteiger partial charge in [-0.15, -0.1) is 0 Å². The molecule has 0 saturated carbocycles. The highest BCUT2D eigenvalue weighted by molar-refractivity contribution is 6.09. The van der Waals surface area contributed by atoms with Gasteiger partial charge in [0.25, 0.3) is 0 Å². The number of hydrogen-bond donors (Lipinski definition) is 1. The molecule has 0 unspecified atom stereocenters. The molecule has 0 bridgehead atoms. The van der Waals surface area contributed by atoms with Gasteiger partial charge in [0.1, 0.15) is 5.75 Å².